The number of hydrogen-bond acceptors (Lipinski definition) is 6. The Balaban J connectivity index is 1.55. The van der Waals surface area contributed by atoms with Crippen LogP contribution in [0.25, 0.3) is 0 Å². The van der Waals surface area contributed by atoms with Crippen LogP contribution in [0.1, 0.15) is 12.0 Å². The molecule has 0 fully saturated rings. The Labute approximate surface area is 164 Å². The van der Waals surface area contributed by atoms with Crippen LogP contribution in [0.3, 0.4) is 0 Å². The predicted octanol–water partition coefficient (Wildman–Crippen LogP) is 3.60. The third kappa shape index (κ3) is 5.68. The molecule has 0 saturated heterocycles. The highest BCUT2D eigenvalue weighted by Crippen LogP contribution is 2.26. The molecule has 0 aliphatic heterocycles. The zero-order chi connectivity index (χ0) is 19.8. The van der Waals surface area contributed by atoms with E-state index in [0.717, 1.165) is 11.3 Å². The summed E-state index contributed by atoms with van der Waals surface area (Å²) in [6.45, 7) is 0. The van der Waals surface area contributed by atoms with Crippen molar-refractivity contribution in [2.45, 2.75) is 12.8 Å². The molecule has 28 heavy (non-hydrogen) atoms. The Morgan fingerprint density at radius 2 is 1.57 bits per heavy atom. The van der Waals surface area contributed by atoms with E-state index in [9.17, 15) is 8.42 Å². The van der Waals surface area contributed by atoms with Crippen molar-refractivity contribution in [3.8, 4) is 5.75 Å². The fourth-order valence-corrected chi connectivity index (χ4v) is 3.71. The van der Waals surface area contributed by atoms with Gasteiger partial charge in [0.15, 0.2) is 11.6 Å². The van der Waals surface area contributed by atoms with Gasteiger partial charge in [0.05, 0.1) is 18.6 Å². The lowest BCUT2D eigenvalue weighted by Gasteiger charge is -2.10. The summed E-state index contributed by atoms with van der Waals surface area (Å²) >= 11 is 0. The minimum absolute atomic E-state index is 0.0186. The average molecular weight is 398 g/mol. The van der Waals surface area contributed by atoms with E-state index in [1.54, 1.807) is 19.2 Å². The molecule has 7 nitrogen and oxygen atoms in total. The van der Waals surface area contributed by atoms with Crippen molar-refractivity contribution in [3.05, 3.63) is 72.3 Å². The minimum Gasteiger partial charge on any atom is -0.495 e. The number of nitrogens with zero attached hydrogens (tertiary/aromatic N) is 2. The molecule has 0 unspecified atom stereocenters. The number of ether oxygens (including phenoxy) is 1. The SMILES string of the molecule is COc1ccccc1Nc1ccc(NS(=O)(=O)CCCc2ccccc2)nn1. The Morgan fingerprint density at radius 1 is 0.893 bits per heavy atom. The third-order valence-corrected chi connectivity index (χ3v) is 5.36. The number of para-hydroxylation sites is 2. The summed E-state index contributed by atoms with van der Waals surface area (Å²) in [5.74, 6) is 1.36. The molecule has 0 amide bonds. The quantitative estimate of drug-likeness (QED) is 0.572. The van der Waals surface area contributed by atoms with Gasteiger partial charge in [-0.3, -0.25) is 4.72 Å². The minimum atomic E-state index is -3.48. The van der Waals surface area contributed by atoms with E-state index in [2.05, 4.69) is 20.2 Å². The number of anilines is 3. The van der Waals surface area contributed by atoms with Crippen molar-refractivity contribution in [1.29, 1.82) is 0 Å². The van der Waals surface area contributed by atoms with E-state index in [1.165, 1.54) is 0 Å². The van der Waals surface area contributed by atoms with Gasteiger partial charge in [-0.1, -0.05) is 42.5 Å². The summed E-state index contributed by atoms with van der Waals surface area (Å²) in [5.41, 5.74) is 1.86. The first kappa shape index (κ1) is 19.6. The van der Waals surface area contributed by atoms with Crippen LogP contribution in [0.15, 0.2) is 66.7 Å². The van der Waals surface area contributed by atoms with Crippen LogP contribution in [0, 0.1) is 0 Å². The molecule has 0 spiro atoms. The summed E-state index contributed by atoms with van der Waals surface area (Å²) in [6.07, 6.45) is 1.23. The molecule has 3 aromatic rings. The molecule has 8 heteroatoms. The number of rotatable bonds is 9. The highest BCUT2D eigenvalue weighted by molar-refractivity contribution is 7.92. The van der Waals surface area contributed by atoms with Gasteiger partial charge in [0.2, 0.25) is 10.0 Å². The van der Waals surface area contributed by atoms with Crippen LogP contribution in [0.4, 0.5) is 17.3 Å². The van der Waals surface area contributed by atoms with E-state index in [-0.39, 0.29) is 11.6 Å². The number of nitrogens with one attached hydrogen (secondary N) is 2. The highest BCUT2D eigenvalue weighted by Gasteiger charge is 2.12. The fourth-order valence-electron chi connectivity index (χ4n) is 2.66. The monoisotopic (exact) mass is 398 g/mol. The Kier molecular flexibility index (Phi) is 6.44. The van der Waals surface area contributed by atoms with Crippen molar-refractivity contribution in [2.75, 3.05) is 22.9 Å². The zero-order valence-corrected chi connectivity index (χ0v) is 16.3. The summed E-state index contributed by atoms with van der Waals surface area (Å²) in [5, 5.41) is 11.0. The number of methoxy groups -OCH3 is 1. The van der Waals surface area contributed by atoms with Crippen LogP contribution in [0.2, 0.25) is 0 Å². The first-order valence-electron chi connectivity index (χ1n) is 8.84. The van der Waals surface area contributed by atoms with Crippen molar-refractivity contribution < 1.29 is 13.2 Å². The van der Waals surface area contributed by atoms with Crippen molar-refractivity contribution in [3.63, 3.8) is 0 Å². The van der Waals surface area contributed by atoms with Crippen LogP contribution in [0.5, 0.6) is 5.75 Å². The second kappa shape index (κ2) is 9.18. The van der Waals surface area contributed by atoms with Gasteiger partial charge < -0.3 is 10.1 Å². The number of sulfonamides is 1. The molecule has 146 valence electrons. The molecule has 2 N–H and O–H groups in total. The lowest BCUT2D eigenvalue weighted by atomic mass is 10.1. The Hall–Kier alpha value is -3.13. The molecule has 2 aromatic carbocycles. The van der Waals surface area contributed by atoms with Crippen LogP contribution in [-0.2, 0) is 16.4 Å². The van der Waals surface area contributed by atoms with E-state index >= 15 is 0 Å². The summed E-state index contributed by atoms with van der Waals surface area (Å²) in [7, 11) is -1.89. The number of benzene rings is 2. The molecular weight excluding hydrogens is 376 g/mol. The van der Waals surface area contributed by atoms with E-state index < -0.39 is 10.0 Å². The van der Waals surface area contributed by atoms with Crippen LogP contribution in [-0.4, -0.2) is 31.5 Å². The first-order valence-corrected chi connectivity index (χ1v) is 10.5. The van der Waals surface area contributed by atoms with Gasteiger partial charge in [0, 0.05) is 0 Å². The average Bonchev–Trinajstić information content (AvgIpc) is 2.70. The predicted molar refractivity (Wildman–Crippen MR) is 110 cm³/mol. The molecule has 0 radical (unpaired) electrons. The second-order valence-corrected chi connectivity index (χ2v) is 7.98. The Bertz CT molecular complexity index is 993. The molecular formula is C20H22N4O3S. The van der Waals surface area contributed by atoms with Crippen LogP contribution < -0.4 is 14.8 Å². The zero-order valence-electron chi connectivity index (χ0n) is 15.5. The lowest BCUT2D eigenvalue weighted by Crippen LogP contribution is -2.18. The number of aromatic nitrogens is 2. The number of aryl methyl sites for hydroxylation is 1. The largest absolute Gasteiger partial charge is 0.495 e. The van der Waals surface area contributed by atoms with Gasteiger partial charge in [0.1, 0.15) is 5.75 Å². The van der Waals surface area contributed by atoms with Gasteiger partial charge in [-0.15, -0.1) is 10.2 Å². The van der Waals surface area contributed by atoms with Crippen molar-refractivity contribution in [2.24, 2.45) is 0 Å². The van der Waals surface area contributed by atoms with Crippen molar-refractivity contribution >= 4 is 27.3 Å². The molecule has 1 aromatic heterocycles. The van der Waals surface area contributed by atoms with Gasteiger partial charge in [0.25, 0.3) is 0 Å². The maximum atomic E-state index is 12.2. The maximum absolute atomic E-state index is 12.2. The molecule has 3 rings (SSSR count). The molecule has 0 saturated carbocycles. The number of hydrogen-bond donors (Lipinski definition) is 2. The third-order valence-electron chi connectivity index (χ3n) is 4.02. The maximum Gasteiger partial charge on any atom is 0.233 e. The fraction of sp³-hybridized carbons (Fsp3) is 0.200. The Morgan fingerprint density at radius 3 is 2.29 bits per heavy atom. The molecule has 1 heterocycles. The highest BCUT2D eigenvalue weighted by atomic mass is 32.2. The second-order valence-electron chi connectivity index (χ2n) is 6.14. The smallest absolute Gasteiger partial charge is 0.233 e. The van der Waals surface area contributed by atoms with Gasteiger partial charge in [-0.2, -0.15) is 0 Å². The summed E-state index contributed by atoms with van der Waals surface area (Å²) < 4.78 is 32.2. The van der Waals surface area contributed by atoms with E-state index in [1.807, 2.05) is 54.6 Å². The lowest BCUT2D eigenvalue weighted by molar-refractivity contribution is 0.417. The summed E-state index contributed by atoms with van der Waals surface area (Å²) in [6, 6.07) is 20.4. The van der Waals surface area contributed by atoms with Gasteiger partial charge >= 0.3 is 0 Å². The first-order chi connectivity index (χ1) is 13.6. The molecule has 0 atom stereocenters. The van der Waals surface area contributed by atoms with Crippen LogP contribution >= 0.6 is 0 Å². The topological polar surface area (TPSA) is 93.2 Å². The van der Waals surface area contributed by atoms with E-state index in [4.69, 9.17) is 4.74 Å². The normalized spacial score (nSPS) is 11.0. The molecule has 0 aliphatic rings. The van der Waals surface area contributed by atoms with Crippen molar-refractivity contribution in [1.82, 2.24) is 10.2 Å². The standard InChI is InChI=1S/C20H22N4O3S/c1-27-18-12-6-5-11-17(18)21-19-13-14-20(23-22-19)24-28(25,26)15-7-10-16-8-3-2-4-9-16/h2-6,8-9,11-14H,7,10,15H2,1H3,(H,21,22)(H,23,24). The van der Waals surface area contributed by atoms with Gasteiger partial charge in [-0.25, -0.2) is 8.42 Å². The summed E-state index contributed by atoms with van der Waals surface area (Å²) in [4.78, 5) is 0. The van der Waals surface area contributed by atoms with Gasteiger partial charge in [-0.05, 0) is 42.7 Å². The van der Waals surface area contributed by atoms with E-state index in [0.29, 0.717) is 24.4 Å². The molecule has 0 aliphatic carbocycles. The molecule has 0 bridgehead atoms.